The third-order valence-corrected chi connectivity index (χ3v) is 3.99. The number of nitrogens with zero attached hydrogens (tertiary/aromatic N) is 4. The zero-order chi connectivity index (χ0) is 16.7. The molecule has 1 aromatic heterocycles. The molecule has 0 aliphatic carbocycles. The molecular weight excluding hydrogens is 417 g/mol. The lowest BCUT2D eigenvalue weighted by molar-refractivity contribution is -0.130. The SMILES string of the molecule is CCNC(=NCCc1ccc(C)nc1)N1CCN(C(C)=O)CC1.I. The number of pyridine rings is 1. The van der Waals surface area contributed by atoms with Crippen molar-refractivity contribution in [3.05, 3.63) is 29.6 Å². The summed E-state index contributed by atoms with van der Waals surface area (Å²) >= 11 is 0. The van der Waals surface area contributed by atoms with Crippen LogP contribution in [-0.2, 0) is 11.2 Å². The van der Waals surface area contributed by atoms with Crippen LogP contribution >= 0.6 is 24.0 Å². The second-order valence-corrected chi connectivity index (χ2v) is 5.79. The molecular formula is C17H28IN5O. The van der Waals surface area contributed by atoms with Crippen LogP contribution in [0.1, 0.15) is 25.1 Å². The molecule has 7 heteroatoms. The quantitative estimate of drug-likeness (QED) is 0.436. The van der Waals surface area contributed by atoms with E-state index in [4.69, 9.17) is 4.99 Å². The first-order valence-corrected chi connectivity index (χ1v) is 8.30. The zero-order valence-electron chi connectivity index (χ0n) is 14.8. The van der Waals surface area contributed by atoms with Gasteiger partial charge in [0.15, 0.2) is 5.96 Å². The van der Waals surface area contributed by atoms with Gasteiger partial charge in [-0.2, -0.15) is 0 Å². The highest BCUT2D eigenvalue weighted by molar-refractivity contribution is 14.0. The monoisotopic (exact) mass is 445 g/mol. The largest absolute Gasteiger partial charge is 0.357 e. The van der Waals surface area contributed by atoms with Crippen molar-refractivity contribution in [1.29, 1.82) is 0 Å². The molecule has 1 fully saturated rings. The molecule has 6 nitrogen and oxygen atoms in total. The Labute approximate surface area is 161 Å². The molecule has 0 bridgehead atoms. The number of hydrogen-bond donors (Lipinski definition) is 1. The highest BCUT2D eigenvalue weighted by atomic mass is 127. The van der Waals surface area contributed by atoms with Crippen LogP contribution in [0, 0.1) is 6.92 Å². The van der Waals surface area contributed by atoms with Crippen LogP contribution in [0.25, 0.3) is 0 Å². The second kappa shape index (κ2) is 10.5. The number of rotatable bonds is 4. The minimum absolute atomic E-state index is 0. The molecule has 134 valence electrons. The Balaban J connectivity index is 0.00000288. The molecule has 1 saturated heterocycles. The average molecular weight is 445 g/mol. The number of aromatic nitrogens is 1. The van der Waals surface area contributed by atoms with Crippen LogP contribution in [-0.4, -0.2) is 65.9 Å². The molecule has 1 amide bonds. The van der Waals surface area contributed by atoms with Gasteiger partial charge in [0.05, 0.1) is 0 Å². The van der Waals surface area contributed by atoms with Crippen LogP contribution in [0.15, 0.2) is 23.3 Å². The first-order chi connectivity index (χ1) is 11.1. The van der Waals surface area contributed by atoms with E-state index < -0.39 is 0 Å². The normalized spacial score (nSPS) is 15.0. The Morgan fingerprint density at radius 3 is 2.46 bits per heavy atom. The molecule has 1 aromatic rings. The molecule has 0 radical (unpaired) electrons. The maximum absolute atomic E-state index is 11.4. The number of carbonyl (C=O) groups excluding carboxylic acids is 1. The number of guanidine groups is 1. The van der Waals surface area contributed by atoms with Gasteiger partial charge in [-0.3, -0.25) is 14.8 Å². The maximum Gasteiger partial charge on any atom is 0.219 e. The number of aryl methyl sites for hydroxylation is 1. The summed E-state index contributed by atoms with van der Waals surface area (Å²) in [7, 11) is 0. The highest BCUT2D eigenvalue weighted by Crippen LogP contribution is 2.04. The van der Waals surface area contributed by atoms with E-state index in [9.17, 15) is 4.79 Å². The van der Waals surface area contributed by atoms with E-state index in [1.165, 1.54) is 5.56 Å². The minimum Gasteiger partial charge on any atom is -0.357 e. The van der Waals surface area contributed by atoms with Gasteiger partial charge in [-0.15, -0.1) is 24.0 Å². The molecule has 0 spiro atoms. The minimum atomic E-state index is 0. The smallest absolute Gasteiger partial charge is 0.219 e. The molecule has 24 heavy (non-hydrogen) atoms. The standard InChI is InChI=1S/C17H27N5O.HI/c1-4-18-17(22-11-9-21(10-12-22)15(3)23)19-8-7-16-6-5-14(2)20-13-16;/h5-6,13H,4,7-12H2,1-3H3,(H,18,19);1H. The van der Waals surface area contributed by atoms with E-state index in [0.717, 1.165) is 57.3 Å². The number of nitrogens with one attached hydrogen (secondary N) is 1. The van der Waals surface area contributed by atoms with Gasteiger partial charge < -0.3 is 15.1 Å². The fraction of sp³-hybridized carbons (Fsp3) is 0.588. The summed E-state index contributed by atoms with van der Waals surface area (Å²) in [5.41, 5.74) is 2.24. The molecule has 0 saturated carbocycles. The maximum atomic E-state index is 11.4. The van der Waals surface area contributed by atoms with Crippen molar-refractivity contribution in [3.8, 4) is 0 Å². The van der Waals surface area contributed by atoms with Gasteiger partial charge in [0.1, 0.15) is 0 Å². The van der Waals surface area contributed by atoms with Crippen molar-refractivity contribution in [2.75, 3.05) is 39.3 Å². The average Bonchev–Trinajstić information content (AvgIpc) is 2.56. The van der Waals surface area contributed by atoms with Gasteiger partial charge in [-0.25, -0.2) is 0 Å². The van der Waals surface area contributed by atoms with Crippen LogP contribution in [0.5, 0.6) is 0 Å². The molecule has 1 aliphatic rings. The van der Waals surface area contributed by atoms with E-state index >= 15 is 0 Å². The van der Waals surface area contributed by atoms with Crippen molar-refractivity contribution in [1.82, 2.24) is 20.1 Å². The van der Waals surface area contributed by atoms with E-state index in [-0.39, 0.29) is 29.9 Å². The lowest BCUT2D eigenvalue weighted by Gasteiger charge is -2.36. The molecule has 2 rings (SSSR count). The summed E-state index contributed by atoms with van der Waals surface area (Å²) in [6.07, 6.45) is 2.80. The summed E-state index contributed by atoms with van der Waals surface area (Å²) in [6, 6.07) is 4.14. The van der Waals surface area contributed by atoms with E-state index in [2.05, 4.69) is 28.2 Å². The summed E-state index contributed by atoms with van der Waals surface area (Å²) in [5, 5.41) is 3.35. The summed E-state index contributed by atoms with van der Waals surface area (Å²) in [4.78, 5) is 24.6. The number of amides is 1. The van der Waals surface area contributed by atoms with E-state index in [1.807, 2.05) is 24.1 Å². The number of carbonyl (C=O) groups is 1. The Morgan fingerprint density at radius 1 is 1.25 bits per heavy atom. The molecule has 0 unspecified atom stereocenters. The first-order valence-electron chi connectivity index (χ1n) is 8.30. The zero-order valence-corrected chi connectivity index (χ0v) is 17.1. The molecule has 0 aromatic carbocycles. The third kappa shape index (κ3) is 6.26. The Hall–Kier alpha value is -1.38. The predicted octanol–water partition coefficient (Wildman–Crippen LogP) is 1.68. The van der Waals surface area contributed by atoms with Crippen molar-refractivity contribution in [2.24, 2.45) is 4.99 Å². The number of piperazine rings is 1. The number of hydrogen-bond acceptors (Lipinski definition) is 3. The lowest BCUT2D eigenvalue weighted by atomic mass is 10.2. The Kier molecular flexibility index (Phi) is 9.02. The fourth-order valence-corrected chi connectivity index (χ4v) is 2.60. The van der Waals surface area contributed by atoms with Crippen molar-refractivity contribution < 1.29 is 4.79 Å². The van der Waals surface area contributed by atoms with Crippen LogP contribution in [0.4, 0.5) is 0 Å². The number of aliphatic imine (C=N–C) groups is 1. The Bertz CT molecular complexity index is 538. The van der Waals surface area contributed by atoms with Crippen molar-refractivity contribution >= 4 is 35.8 Å². The van der Waals surface area contributed by atoms with Gasteiger partial charge in [0.2, 0.25) is 5.91 Å². The third-order valence-electron chi connectivity index (χ3n) is 3.99. The lowest BCUT2D eigenvalue weighted by Crippen LogP contribution is -2.53. The number of halogens is 1. The van der Waals surface area contributed by atoms with Crippen molar-refractivity contribution in [2.45, 2.75) is 27.2 Å². The van der Waals surface area contributed by atoms with Gasteiger partial charge >= 0.3 is 0 Å². The highest BCUT2D eigenvalue weighted by Gasteiger charge is 2.20. The molecule has 1 N–H and O–H groups in total. The second-order valence-electron chi connectivity index (χ2n) is 5.79. The van der Waals surface area contributed by atoms with Gasteiger partial charge in [-0.1, -0.05) is 6.07 Å². The molecule has 1 aliphatic heterocycles. The summed E-state index contributed by atoms with van der Waals surface area (Å²) in [5.74, 6) is 1.09. The molecule has 2 heterocycles. The van der Waals surface area contributed by atoms with E-state index in [0.29, 0.717) is 0 Å². The van der Waals surface area contributed by atoms with Gasteiger partial charge in [0.25, 0.3) is 0 Å². The van der Waals surface area contributed by atoms with Crippen LogP contribution < -0.4 is 5.32 Å². The van der Waals surface area contributed by atoms with Gasteiger partial charge in [0, 0.05) is 58.1 Å². The van der Waals surface area contributed by atoms with Gasteiger partial charge in [-0.05, 0) is 31.9 Å². The van der Waals surface area contributed by atoms with Crippen molar-refractivity contribution in [3.63, 3.8) is 0 Å². The van der Waals surface area contributed by atoms with E-state index in [1.54, 1.807) is 6.92 Å². The fourth-order valence-electron chi connectivity index (χ4n) is 2.60. The van der Waals surface area contributed by atoms with Crippen LogP contribution in [0.2, 0.25) is 0 Å². The summed E-state index contributed by atoms with van der Waals surface area (Å²) in [6.45, 7) is 10.5. The Morgan fingerprint density at radius 2 is 1.92 bits per heavy atom. The topological polar surface area (TPSA) is 60.8 Å². The molecule has 0 atom stereocenters. The summed E-state index contributed by atoms with van der Waals surface area (Å²) < 4.78 is 0. The predicted molar refractivity (Wildman–Crippen MR) is 108 cm³/mol. The van der Waals surface area contributed by atoms with Crippen LogP contribution in [0.3, 0.4) is 0 Å². The first kappa shape index (κ1) is 20.7.